The molecule has 1 aliphatic heterocycles. The predicted octanol–water partition coefficient (Wildman–Crippen LogP) is 2.63. The van der Waals surface area contributed by atoms with E-state index < -0.39 is 0 Å². The summed E-state index contributed by atoms with van der Waals surface area (Å²) in [5.41, 5.74) is 1.26. The lowest BCUT2D eigenvalue weighted by atomic mass is 10.2. The maximum absolute atomic E-state index is 13.0. The number of rotatable bonds is 6. The molecule has 1 aliphatic rings. The number of carbonyl (C=O) groups excluding carboxylic acids is 1. The third-order valence-electron chi connectivity index (χ3n) is 4.78. The van der Waals surface area contributed by atoms with E-state index in [4.69, 9.17) is 8.94 Å². The molecule has 1 saturated heterocycles. The largest absolute Gasteiger partial charge is 0.461 e. The summed E-state index contributed by atoms with van der Waals surface area (Å²) in [7, 11) is 0. The first-order valence-electron chi connectivity index (χ1n) is 9.21. The topological polar surface area (TPSA) is 74.8 Å². The summed E-state index contributed by atoms with van der Waals surface area (Å²) in [5.74, 6) is 0.464. The number of anilines is 1. The van der Waals surface area contributed by atoms with E-state index >= 15 is 0 Å². The summed E-state index contributed by atoms with van der Waals surface area (Å²) < 4.78 is 23.4. The number of hydrogen-bond donors (Lipinski definition) is 1. The highest BCUT2D eigenvalue weighted by molar-refractivity contribution is 5.92. The molecule has 1 amide bonds. The van der Waals surface area contributed by atoms with Crippen molar-refractivity contribution in [3.63, 3.8) is 0 Å². The van der Waals surface area contributed by atoms with Crippen molar-refractivity contribution in [3.8, 4) is 11.5 Å². The fourth-order valence-corrected chi connectivity index (χ4v) is 3.22. The molecule has 146 valence electrons. The van der Waals surface area contributed by atoms with Crippen LogP contribution in [0.5, 0.6) is 0 Å². The number of nitrogens with zero attached hydrogens (tertiary/aromatic N) is 3. The highest BCUT2D eigenvalue weighted by atomic mass is 19.1. The van der Waals surface area contributed by atoms with Crippen LogP contribution >= 0.6 is 0 Å². The van der Waals surface area contributed by atoms with Crippen LogP contribution in [0.2, 0.25) is 0 Å². The Kier molecular flexibility index (Phi) is 5.38. The van der Waals surface area contributed by atoms with Gasteiger partial charge in [0.05, 0.1) is 6.26 Å². The highest BCUT2D eigenvalue weighted by Gasteiger charge is 2.18. The van der Waals surface area contributed by atoms with Crippen LogP contribution in [0.4, 0.5) is 10.1 Å². The normalized spacial score (nSPS) is 15.0. The summed E-state index contributed by atoms with van der Waals surface area (Å²) in [5, 5.41) is 6.66. The van der Waals surface area contributed by atoms with Crippen LogP contribution in [-0.2, 0) is 0 Å². The monoisotopic (exact) mass is 384 g/mol. The quantitative estimate of drug-likeness (QED) is 0.704. The van der Waals surface area contributed by atoms with Gasteiger partial charge in [-0.1, -0.05) is 5.16 Å². The summed E-state index contributed by atoms with van der Waals surface area (Å²) >= 11 is 0. The molecule has 1 fully saturated rings. The van der Waals surface area contributed by atoms with Crippen molar-refractivity contribution in [2.24, 2.45) is 0 Å². The molecule has 8 heteroatoms. The molecule has 1 aromatic carbocycles. The smallest absolute Gasteiger partial charge is 0.273 e. The third-order valence-corrected chi connectivity index (χ3v) is 4.78. The summed E-state index contributed by atoms with van der Waals surface area (Å²) in [4.78, 5) is 16.7. The van der Waals surface area contributed by atoms with Gasteiger partial charge in [-0.25, -0.2) is 4.39 Å². The minimum absolute atomic E-state index is 0.221. The molecular weight excluding hydrogens is 363 g/mol. The lowest BCUT2D eigenvalue weighted by Crippen LogP contribution is -2.48. The predicted molar refractivity (Wildman–Crippen MR) is 102 cm³/mol. The van der Waals surface area contributed by atoms with Gasteiger partial charge in [0.15, 0.2) is 11.5 Å². The number of benzene rings is 1. The SMILES string of the molecule is O=C(NCCN1CCN(c2ccc(F)cc2)CC1)c1cc(-c2ccco2)on1. The zero-order chi connectivity index (χ0) is 19.3. The van der Waals surface area contributed by atoms with Crippen molar-refractivity contribution in [1.29, 1.82) is 0 Å². The number of halogens is 1. The second-order valence-corrected chi connectivity index (χ2v) is 6.61. The summed E-state index contributed by atoms with van der Waals surface area (Å²) in [6.45, 7) is 4.80. The van der Waals surface area contributed by atoms with E-state index in [9.17, 15) is 9.18 Å². The average molecular weight is 384 g/mol. The number of hydrogen-bond acceptors (Lipinski definition) is 6. The van der Waals surface area contributed by atoms with Gasteiger partial charge in [-0.05, 0) is 36.4 Å². The number of amides is 1. The summed E-state index contributed by atoms with van der Waals surface area (Å²) in [6, 6.07) is 11.6. The Morgan fingerprint density at radius 1 is 1.11 bits per heavy atom. The van der Waals surface area contributed by atoms with Crippen molar-refractivity contribution in [1.82, 2.24) is 15.4 Å². The van der Waals surface area contributed by atoms with Gasteiger partial charge in [0, 0.05) is 51.0 Å². The lowest BCUT2D eigenvalue weighted by Gasteiger charge is -2.36. The molecule has 0 spiro atoms. The zero-order valence-electron chi connectivity index (χ0n) is 15.3. The fraction of sp³-hybridized carbons (Fsp3) is 0.300. The van der Waals surface area contributed by atoms with Gasteiger partial charge in [-0.3, -0.25) is 9.69 Å². The Morgan fingerprint density at radius 3 is 2.61 bits per heavy atom. The van der Waals surface area contributed by atoms with Gasteiger partial charge < -0.3 is 19.2 Å². The van der Waals surface area contributed by atoms with Gasteiger partial charge in [0.2, 0.25) is 5.76 Å². The molecule has 7 nitrogen and oxygen atoms in total. The van der Waals surface area contributed by atoms with Gasteiger partial charge in [0.1, 0.15) is 5.82 Å². The van der Waals surface area contributed by atoms with E-state index in [-0.39, 0.29) is 17.4 Å². The molecule has 4 rings (SSSR count). The number of aromatic nitrogens is 1. The van der Waals surface area contributed by atoms with E-state index in [1.165, 1.54) is 18.4 Å². The van der Waals surface area contributed by atoms with Crippen LogP contribution in [0.1, 0.15) is 10.5 Å². The van der Waals surface area contributed by atoms with Gasteiger partial charge >= 0.3 is 0 Å². The standard InChI is InChI=1S/C20H21FN4O3/c21-15-3-5-16(6-4-15)25-11-9-24(10-12-25)8-7-22-20(26)17-14-19(28-23-17)18-2-1-13-27-18/h1-6,13-14H,7-12H2,(H,22,26). The highest BCUT2D eigenvalue weighted by Crippen LogP contribution is 2.20. The van der Waals surface area contributed by atoms with Crippen molar-refractivity contribution in [2.75, 3.05) is 44.2 Å². The van der Waals surface area contributed by atoms with Crippen LogP contribution in [0, 0.1) is 5.82 Å². The van der Waals surface area contributed by atoms with Crippen molar-refractivity contribution in [3.05, 3.63) is 60.2 Å². The van der Waals surface area contributed by atoms with Gasteiger partial charge in [0.25, 0.3) is 5.91 Å². The Hall–Kier alpha value is -3.13. The molecule has 1 N–H and O–H groups in total. The second-order valence-electron chi connectivity index (χ2n) is 6.61. The number of furan rings is 1. The molecule has 2 aromatic heterocycles. The minimum atomic E-state index is -0.272. The van der Waals surface area contributed by atoms with Crippen LogP contribution < -0.4 is 10.2 Å². The first kappa shape index (κ1) is 18.2. The number of carbonyl (C=O) groups is 1. The average Bonchev–Trinajstić information content (AvgIpc) is 3.41. The van der Waals surface area contributed by atoms with Crippen LogP contribution in [-0.4, -0.2) is 55.2 Å². The maximum atomic E-state index is 13.0. The molecule has 0 bridgehead atoms. The van der Waals surface area contributed by atoms with E-state index in [0.717, 1.165) is 38.4 Å². The van der Waals surface area contributed by atoms with E-state index in [2.05, 4.69) is 20.3 Å². The van der Waals surface area contributed by atoms with Gasteiger partial charge in [-0.2, -0.15) is 0 Å². The molecule has 0 unspecified atom stereocenters. The molecule has 0 radical (unpaired) electrons. The summed E-state index contributed by atoms with van der Waals surface area (Å²) in [6.07, 6.45) is 1.54. The molecule has 0 aliphatic carbocycles. The Morgan fingerprint density at radius 2 is 1.89 bits per heavy atom. The van der Waals surface area contributed by atoms with Gasteiger partial charge in [-0.15, -0.1) is 0 Å². The molecule has 0 saturated carbocycles. The fourth-order valence-electron chi connectivity index (χ4n) is 3.22. The first-order chi connectivity index (χ1) is 13.7. The molecule has 0 atom stereocenters. The zero-order valence-corrected chi connectivity index (χ0v) is 15.3. The van der Waals surface area contributed by atoms with Crippen molar-refractivity contribution < 1.29 is 18.1 Å². The number of piperazine rings is 1. The molecule has 3 aromatic rings. The van der Waals surface area contributed by atoms with Crippen molar-refractivity contribution in [2.45, 2.75) is 0 Å². The van der Waals surface area contributed by atoms with Crippen LogP contribution in [0.15, 0.2) is 57.7 Å². The second kappa shape index (κ2) is 8.26. The first-order valence-corrected chi connectivity index (χ1v) is 9.21. The Labute approximate surface area is 161 Å². The molecule has 28 heavy (non-hydrogen) atoms. The maximum Gasteiger partial charge on any atom is 0.273 e. The Balaban J connectivity index is 1.21. The molecule has 3 heterocycles. The molecular formula is C20H21FN4O3. The van der Waals surface area contributed by atoms with Crippen LogP contribution in [0.25, 0.3) is 11.5 Å². The minimum Gasteiger partial charge on any atom is -0.461 e. The van der Waals surface area contributed by atoms with Crippen molar-refractivity contribution >= 4 is 11.6 Å². The third kappa shape index (κ3) is 4.23. The van der Waals surface area contributed by atoms with Crippen LogP contribution in [0.3, 0.4) is 0 Å². The number of nitrogens with one attached hydrogen (secondary N) is 1. The Bertz CT molecular complexity index is 900. The van der Waals surface area contributed by atoms with E-state index in [1.54, 1.807) is 30.3 Å². The lowest BCUT2D eigenvalue weighted by molar-refractivity contribution is 0.0939. The van der Waals surface area contributed by atoms with E-state index in [0.29, 0.717) is 18.1 Å². The van der Waals surface area contributed by atoms with E-state index in [1.807, 2.05) is 0 Å².